The van der Waals surface area contributed by atoms with E-state index in [1.807, 2.05) is 52.3 Å². The van der Waals surface area contributed by atoms with Gasteiger partial charge in [0.05, 0.1) is 17.6 Å². The Labute approximate surface area is 201 Å². The minimum atomic E-state index is 0.800. The molecule has 170 valence electrons. The van der Waals surface area contributed by atoms with Gasteiger partial charge in [0, 0.05) is 30.5 Å². The molecule has 0 N–H and O–H groups in total. The molecule has 3 aromatic carbocycles. The van der Waals surface area contributed by atoms with Crippen LogP contribution >= 0.6 is 0 Å². The van der Waals surface area contributed by atoms with Gasteiger partial charge in [-0.1, -0.05) is 36.4 Å². The maximum Gasteiger partial charge on any atom is 0.176 e. The minimum Gasteiger partial charge on any atom is -0.371 e. The summed E-state index contributed by atoms with van der Waals surface area (Å²) < 4.78 is 1.97. The van der Waals surface area contributed by atoms with Crippen molar-refractivity contribution in [3.63, 3.8) is 0 Å². The normalized spacial score (nSPS) is 14.9. The van der Waals surface area contributed by atoms with E-state index in [0.717, 1.165) is 41.3 Å². The van der Waals surface area contributed by atoms with Gasteiger partial charge in [0.15, 0.2) is 5.82 Å². The molecule has 0 bridgehead atoms. The number of nitrogens with zero attached hydrogens (tertiary/aromatic N) is 5. The number of hydrazone groups is 1. The lowest BCUT2D eigenvalue weighted by Crippen LogP contribution is -2.34. The maximum absolute atomic E-state index is 4.96. The van der Waals surface area contributed by atoms with Gasteiger partial charge in [0.25, 0.3) is 0 Å². The number of hydrogen-bond acceptors (Lipinski definition) is 4. The Morgan fingerprint density at radius 1 is 0.853 bits per heavy atom. The molecule has 0 saturated carbocycles. The number of hydrogen-bond donors (Lipinski definition) is 0. The molecule has 0 amide bonds. The summed E-state index contributed by atoms with van der Waals surface area (Å²) >= 11 is 0. The molecule has 2 aliphatic rings. The van der Waals surface area contributed by atoms with Crippen LogP contribution in [0.4, 0.5) is 17.2 Å². The van der Waals surface area contributed by atoms with Crippen molar-refractivity contribution in [2.24, 2.45) is 5.10 Å². The lowest BCUT2D eigenvalue weighted by molar-refractivity contribution is 0.634. The third-order valence-electron chi connectivity index (χ3n) is 6.77. The van der Waals surface area contributed by atoms with Gasteiger partial charge < -0.3 is 4.90 Å². The molecule has 4 aromatic rings. The van der Waals surface area contributed by atoms with Crippen LogP contribution in [0.15, 0.2) is 84.0 Å². The maximum atomic E-state index is 4.96. The largest absolute Gasteiger partial charge is 0.371 e. The van der Waals surface area contributed by atoms with Gasteiger partial charge in [-0.25, -0.2) is 9.69 Å². The molecule has 0 aliphatic carbocycles. The highest BCUT2D eigenvalue weighted by molar-refractivity contribution is 5.84. The molecule has 0 atom stereocenters. The molecular formula is C29H29N5. The van der Waals surface area contributed by atoms with Gasteiger partial charge in [-0.2, -0.15) is 5.10 Å². The third-order valence-corrected chi connectivity index (χ3v) is 6.77. The standard InChI is InChI=1S/C29H29N5/c1-22-18-28(31-33(22)26-12-4-2-5-13-26)34(27-14-6-3-7-15-27)30-21-23-19-24-10-8-16-32-17-9-11-25(20-23)29(24)32/h2-7,12-15,18-21H,8-11,16-17H2,1H3/b30-21+. The van der Waals surface area contributed by atoms with E-state index >= 15 is 0 Å². The lowest BCUT2D eigenvalue weighted by Gasteiger charge is -2.37. The number of aryl methyl sites for hydroxylation is 3. The molecule has 0 fully saturated rings. The van der Waals surface area contributed by atoms with Crippen molar-refractivity contribution in [3.8, 4) is 5.69 Å². The molecule has 0 saturated heterocycles. The molecule has 5 heteroatoms. The lowest BCUT2D eigenvalue weighted by atomic mass is 9.90. The Bertz CT molecular complexity index is 1290. The molecule has 5 nitrogen and oxygen atoms in total. The second-order valence-electron chi connectivity index (χ2n) is 9.17. The summed E-state index contributed by atoms with van der Waals surface area (Å²) in [6, 6.07) is 27.2. The fraction of sp³-hybridized carbons (Fsp3) is 0.241. The van der Waals surface area contributed by atoms with Crippen LogP contribution in [-0.2, 0) is 12.8 Å². The number of para-hydroxylation sites is 2. The number of aromatic nitrogens is 2. The molecule has 34 heavy (non-hydrogen) atoms. The molecular weight excluding hydrogens is 418 g/mol. The van der Waals surface area contributed by atoms with Gasteiger partial charge in [-0.15, -0.1) is 5.10 Å². The predicted octanol–water partition coefficient (Wildman–Crippen LogP) is 6.05. The summed E-state index contributed by atoms with van der Waals surface area (Å²) in [7, 11) is 0. The van der Waals surface area contributed by atoms with Crippen LogP contribution in [0.3, 0.4) is 0 Å². The van der Waals surface area contributed by atoms with Crippen molar-refractivity contribution in [1.29, 1.82) is 0 Å². The summed E-state index contributed by atoms with van der Waals surface area (Å²) in [6.07, 6.45) is 6.78. The fourth-order valence-electron chi connectivity index (χ4n) is 5.25. The second-order valence-corrected chi connectivity index (χ2v) is 9.17. The Morgan fingerprint density at radius 3 is 2.18 bits per heavy atom. The average Bonchev–Trinajstić information content (AvgIpc) is 3.27. The summed E-state index contributed by atoms with van der Waals surface area (Å²) in [6.45, 7) is 4.47. The zero-order valence-corrected chi connectivity index (χ0v) is 19.6. The summed E-state index contributed by atoms with van der Waals surface area (Å²) in [5, 5.41) is 11.8. The van der Waals surface area contributed by atoms with Crippen LogP contribution in [0.25, 0.3) is 5.69 Å². The van der Waals surface area contributed by atoms with Gasteiger partial charge >= 0.3 is 0 Å². The van der Waals surface area contributed by atoms with Crippen molar-refractivity contribution in [1.82, 2.24) is 9.78 Å². The highest BCUT2D eigenvalue weighted by atomic mass is 15.5. The van der Waals surface area contributed by atoms with E-state index < -0.39 is 0 Å². The Kier molecular flexibility index (Phi) is 5.38. The zero-order chi connectivity index (χ0) is 22.9. The van der Waals surface area contributed by atoms with E-state index in [2.05, 4.69) is 54.3 Å². The van der Waals surface area contributed by atoms with Crippen molar-refractivity contribution in [2.75, 3.05) is 23.0 Å². The molecule has 1 aromatic heterocycles. The number of rotatable bonds is 5. The summed E-state index contributed by atoms with van der Waals surface area (Å²) in [5.74, 6) is 0.800. The Balaban J connectivity index is 1.38. The van der Waals surface area contributed by atoms with E-state index in [0.29, 0.717) is 0 Å². The number of benzene rings is 3. The van der Waals surface area contributed by atoms with E-state index in [4.69, 9.17) is 10.2 Å². The van der Waals surface area contributed by atoms with Crippen molar-refractivity contribution < 1.29 is 0 Å². The van der Waals surface area contributed by atoms with Crippen LogP contribution in [0, 0.1) is 6.92 Å². The van der Waals surface area contributed by atoms with Crippen LogP contribution in [0.5, 0.6) is 0 Å². The second kappa shape index (κ2) is 8.82. The highest BCUT2D eigenvalue weighted by Gasteiger charge is 2.24. The van der Waals surface area contributed by atoms with Gasteiger partial charge in [-0.05, 0) is 85.7 Å². The third kappa shape index (κ3) is 3.87. The Morgan fingerprint density at radius 2 is 1.50 bits per heavy atom. The first-order chi connectivity index (χ1) is 16.8. The smallest absolute Gasteiger partial charge is 0.176 e. The minimum absolute atomic E-state index is 0.800. The summed E-state index contributed by atoms with van der Waals surface area (Å²) in [5.41, 5.74) is 8.70. The first-order valence-corrected chi connectivity index (χ1v) is 12.2. The summed E-state index contributed by atoms with van der Waals surface area (Å²) in [4.78, 5) is 2.58. The van der Waals surface area contributed by atoms with Crippen LogP contribution in [0.1, 0.15) is 35.2 Å². The molecule has 0 radical (unpaired) electrons. The molecule has 6 rings (SSSR count). The van der Waals surface area contributed by atoms with E-state index in [-0.39, 0.29) is 0 Å². The SMILES string of the molecule is Cc1cc(N(/N=C/c2cc3c4c(c2)CCCN4CCC3)c2ccccc2)nn1-c1ccccc1. The molecule has 0 spiro atoms. The molecule has 3 heterocycles. The zero-order valence-electron chi connectivity index (χ0n) is 19.6. The van der Waals surface area contributed by atoms with Gasteiger partial charge in [-0.3, -0.25) is 0 Å². The fourth-order valence-corrected chi connectivity index (χ4v) is 5.25. The van der Waals surface area contributed by atoms with Crippen molar-refractivity contribution in [3.05, 3.63) is 101 Å². The van der Waals surface area contributed by atoms with Crippen molar-refractivity contribution >= 4 is 23.4 Å². The average molecular weight is 448 g/mol. The number of anilines is 3. The molecule has 2 aliphatic heterocycles. The van der Waals surface area contributed by atoms with Gasteiger partial charge in [0.2, 0.25) is 0 Å². The highest BCUT2D eigenvalue weighted by Crippen LogP contribution is 2.36. The van der Waals surface area contributed by atoms with Gasteiger partial charge in [0.1, 0.15) is 0 Å². The predicted molar refractivity (Wildman–Crippen MR) is 140 cm³/mol. The van der Waals surface area contributed by atoms with E-state index in [1.165, 1.54) is 42.7 Å². The first kappa shape index (κ1) is 20.7. The van der Waals surface area contributed by atoms with Crippen LogP contribution in [-0.4, -0.2) is 29.1 Å². The Hall–Kier alpha value is -3.86. The topological polar surface area (TPSA) is 36.7 Å². The molecule has 0 unspecified atom stereocenters. The van der Waals surface area contributed by atoms with Crippen molar-refractivity contribution in [2.45, 2.75) is 32.6 Å². The monoisotopic (exact) mass is 447 g/mol. The van der Waals surface area contributed by atoms with E-state index in [1.54, 1.807) is 0 Å². The first-order valence-electron chi connectivity index (χ1n) is 12.2. The van der Waals surface area contributed by atoms with Crippen LogP contribution < -0.4 is 9.91 Å². The quantitative estimate of drug-likeness (QED) is 0.276. The van der Waals surface area contributed by atoms with Crippen LogP contribution in [0.2, 0.25) is 0 Å². The van der Waals surface area contributed by atoms with E-state index in [9.17, 15) is 0 Å².